The normalized spacial score (nSPS) is 8.99. The van der Waals surface area contributed by atoms with Crippen LogP contribution in [0.4, 0.5) is 4.79 Å². The number of hydrogen-bond acceptors (Lipinski definition) is 4. The molecule has 1 heterocycles. The number of carbonyl (C=O) groups excluding carboxylic acids is 2. The Bertz CT molecular complexity index is 5230. The first-order valence-corrected chi connectivity index (χ1v) is 26.4. The molecule has 1 aliphatic rings. The molecule has 0 N–H and O–H groups in total. The maximum absolute atomic E-state index is 13.2. The summed E-state index contributed by atoms with van der Waals surface area (Å²) in [7, 11) is 0. The van der Waals surface area contributed by atoms with Crippen LogP contribution in [0.2, 0.25) is 0 Å². The number of imide groups is 1. The van der Waals surface area contributed by atoms with Crippen LogP contribution in [0.15, 0.2) is 78.9 Å². The number of carbonyl (C=O) groups is 2. The molecule has 93 heavy (non-hydrogen) atoms. The van der Waals surface area contributed by atoms with Gasteiger partial charge in [0.2, 0.25) is 0 Å². The van der Waals surface area contributed by atoms with E-state index in [1.54, 1.807) is 20.8 Å². The summed E-state index contributed by atoms with van der Waals surface area (Å²) in [6.45, 7) is 11.0. The van der Waals surface area contributed by atoms with Gasteiger partial charge in [0.05, 0.1) is 6.61 Å². The zero-order valence-corrected chi connectivity index (χ0v) is 50.4. The molecular formula is C88H35NO4. The summed E-state index contributed by atoms with van der Waals surface area (Å²) in [6.07, 6.45) is -1.44. The first kappa shape index (κ1) is 71.1. The maximum Gasteiger partial charge on any atom is 0.417 e. The lowest BCUT2D eigenvalue weighted by Crippen LogP contribution is -2.43. The fourth-order valence-corrected chi connectivity index (χ4v) is 5.99. The molecule has 0 aromatic heterocycles. The minimum Gasteiger partial charge on any atom is -0.440 e. The summed E-state index contributed by atoms with van der Waals surface area (Å²) < 4.78 is 11.4. The molecule has 1 aliphatic heterocycles. The minimum absolute atomic E-state index is 0.267. The molecule has 0 saturated carbocycles. The fourth-order valence-electron chi connectivity index (χ4n) is 5.99. The molecule has 1 fully saturated rings. The lowest BCUT2D eigenvalue weighted by atomic mass is 9.91. The molecule has 0 unspecified atom stereocenters. The Hall–Kier alpha value is -16.2. The predicted octanol–water partition coefficient (Wildman–Crippen LogP) is 7.19. The van der Waals surface area contributed by atoms with E-state index in [1.807, 2.05) is 68.4 Å². The number of cyclic esters (lactones) is 1. The van der Waals surface area contributed by atoms with Gasteiger partial charge in [0.25, 0.3) is 5.91 Å². The van der Waals surface area contributed by atoms with Gasteiger partial charge in [0, 0.05) is 237 Å². The van der Waals surface area contributed by atoms with Crippen molar-refractivity contribution < 1.29 is 19.1 Å². The molecule has 0 radical (unpaired) electrons. The number of benzene rings is 3. The largest absolute Gasteiger partial charge is 0.440 e. The number of amides is 2. The molecule has 4 rings (SSSR count). The van der Waals surface area contributed by atoms with E-state index >= 15 is 0 Å². The molecule has 0 bridgehead atoms. The molecule has 3 aromatic carbocycles. The molecule has 3 aromatic rings. The van der Waals surface area contributed by atoms with E-state index in [2.05, 4.69) is 375 Å². The highest BCUT2D eigenvalue weighted by Crippen LogP contribution is 2.41. The van der Waals surface area contributed by atoms with Gasteiger partial charge in [-0.15, -0.1) is 0 Å². The number of rotatable bonds is 6. The molecular weight excluding hydrogens is 1130 g/mol. The van der Waals surface area contributed by atoms with Crippen LogP contribution in [0.1, 0.15) is 57.4 Å². The zero-order valence-electron chi connectivity index (χ0n) is 50.4. The summed E-state index contributed by atoms with van der Waals surface area (Å²) in [5.41, 5.74) is 4.46. The zero-order chi connectivity index (χ0) is 66.6. The highest BCUT2D eigenvalue weighted by molar-refractivity contribution is 5.96. The lowest BCUT2D eigenvalue weighted by molar-refractivity contribution is -0.141. The van der Waals surface area contributed by atoms with Gasteiger partial charge in [-0.1, -0.05) is 96.3 Å². The Morgan fingerprint density at radius 1 is 0.387 bits per heavy atom. The Kier molecular flexibility index (Phi) is 36.8. The van der Waals surface area contributed by atoms with Crippen molar-refractivity contribution in [3.63, 3.8) is 0 Å². The predicted molar refractivity (Wildman–Crippen MR) is 364 cm³/mol. The van der Waals surface area contributed by atoms with Crippen molar-refractivity contribution >= 4 is 12.0 Å². The summed E-state index contributed by atoms with van der Waals surface area (Å²) >= 11 is 0. The molecule has 1 saturated heterocycles. The van der Waals surface area contributed by atoms with Gasteiger partial charge in [-0.05, 0) is 159 Å². The van der Waals surface area contributed by atoms with E-state index in [0.29, 0.717) is 0 Å². The van der Waals surface area contributed by atoms with E-state index in [9.17, 15) is 9.59 Å². The molecule has 2 amide bonds. The number of hydrogen-bond donors (Lipinski definition) is 0. The molecule has 5 heteroatoms. The first-order valence-electron chi connectivity index (χ1n) is 26.4. The molecule has 416 valence electrons. The summed E-state index contributed by atoms with van der Waals surface area (Å²) in [5, 5.41) is 0. The van der Waals surface area contributed by atoms with Gasteiger partial charge in [-0.3, -0.25) is 4.79 Å². The van der Waals surface area contributed by atoms with Crippen LogP contribution < -0.4 is 0 Å². The SMILES string of the molecule is CC#CC#CC#CC#CC#CC#CC#CC#CC#CC#CC#CC#CC#CC#CC#CC#CC#CC#CC#CC#CC#CC#CC#CC#CC#CC#CC#CC#CC#CC.Cc1ccc(-c2ccc(CO[C@@H](C)C(=O)N3C(=O)OC(C)(C)[C@@H]3c3ccccc3)cc2)cc1. The van der Waals surface area contributed by atoms with Crippen molar-refractivity contribution in [2.45, 2.75) is 65.9 Å². The third-order valence-corrected chi connectivity index (χ3v) is 9.69. The minimum atomic E-state index is -0.834. The number of ether oxygens (including phenoxy) is 2. The third-order valence-electron chi connectivity index (χ3n) is 9.69. The second-order valence-electron chi connectivity index (χ2n) is 16.5. The summed E-state index contributed by atoms with van der Waals surface area (Å²) in [6, 6.07) is 25.4. The smallest absolute Gasteiger partial charge is 0.417 e. The van der Waals surface area contributed by atoms with Crippen molar-refractivity contribution in [1.82, 2.24) is 4.90 Å². The van der Waals surface area contributed by atoms with E-state index in [-0.39, 0.29) is 6.61 Å². The lowest BCUT2D eigenvalue weighted by Gasteiger charge is -2.29. The van der Waals surface area contributed by atoms with Crippen molar-refractivity contribution in [3.05, 3.63) is 95.6 Å². The topological polar surface area (TPSA) is 55.8 Å². The van der Waals surface area contributed by atoms with E-state index in [4.69, 9.17) is 9.47 Å². The monoisotopic (exact) mass is 1170 g/mol. The second-order valence-corrected chi connectivity index (χ2v) is 16.5. The van der Waals surface area contributed by atoms with E-state index < -0.39 is 29.7 Å². The van der Waals surface area contributed by atoms with Crippen LogP contribution in [0.25, 0.3) is 11.1 Å². The van der Waals surface area contributed by atoms with E-state index in [1.165, 1.54) is 10.5 Å². The van der Waals surface area contributed by atoms with Gasteiger partial charge < -0.3 is 9.47 Å². The molecule has 2 atom stereocenters. The maximum atomic E-state index is 13.2. The van der Waals surface area contributed by atoms with Crippen LogP contribution in [-0.2, 0) is 20.9 Å². The first-order chi connectivity index (χ1) is 45.7. The van der Waals surface area contributed by atoms with Crippen LogP contribution in [0.3, 0.4) is 0 Å². The molecule has 0 aliphatic carbocycles. The average Bonchev–Trinajstić information content (AvgIpc) is 1.62. The van der Waals surface area contributed by atoms with Gasteiger partial charge >= 0.3 is 6.09 Å². The highest BCUT2D eigenvalue weighted by atomic mass is 16.6. The number of nitrogens with zero attached hydrogens (tertiary/aromatic N) is 1. The Labute approximate surface area is 548 Å². The highest BCUT2D eigenvalue weighted by Gasteiger charge is 2.52. The van der Waals surface area contributed by atoms with Gasteiger partial charge in [0.1, 0.15) is 17.7 Å². The molecule has 0 spiro atoms. The van der Waals surface area contributed by atoms with Crippen LogP contribution >= 0.6 is 0 Å². The summed E-state index contributed by atoms with van der Waals surface area (Å²) in [4.78, 5) is 27.0. The Morgan fingerprint density at radius 3 is 0.871 bits per heavy atom. The second kappa shape index (κ2) is 48.2. The average molecular weight is 1170 g/mol. The van der Waals surface area contributed by atoms with E-state index in [0.717, 1.165) is 22.3 Å². The van der Waals surface area contributed by atoms with Crippen molar-refractivity contribution in [2.24, 2.45) is 0 Å². The standard InChI is InChI=1S/C60H6.C28H29NO4/c1-3-5-7-9-11-13-15-17-19-21-23-25-27-29-31-33-35-37-39-41-43-45-47-49-51-53-55-57-59-60-58-56-54-52-50-48-46-44-42-40-38-36-34-32-30-28-26-24-22-20-18-16-14-12-10-8-6-4-2;1-19-10-14-22(15-11-19)23-16-12-21(13-17-23)18-32-20(2)26(30)29-25(24-8-6-5-7-9-24)28(3,4)33-27(29)31/h1-2H3;5-17,20,25H,18H2,1-4H3/t;20-,25-/m.0/s1. The van der Waals surface area contributed by atoms with Crippen molar-refractivity contribution in [3.8, 4) is 355 Å². The van der Waals surface area contributed by atoms with Crippen LogP contribution in [-0.4, -0.2) is 28.6 Å². The van der Waals surface area contributed by atoms with Crippen LogP contribution in [0.5, 0.6) is 0 Å². The number of aryl methyl sites for hydroxylation is 1. The fraction of sp³-hybridized carbons (Fsp3) is 0.114. The van der Waals surface area contributed by atoms with Gasteiger partial charge in [-0.2, -0.15) is 0 Å². The Balaban J connectivity index is 0.000000567. The summed E-state index contributed by atoms with van der Waals surface area (Å²) in [5.74, 6) is 145. The van der Waals surface area contributed by atoms with Crippen LogP contribution in [0, 0.1) is 350 Å². The van der Waals surface area contributed by atoms with Gasteiger partial charge in [0.15, 0.2) is 0 Å². The molecule has 5 nitrogen and oxygen atoms in total. The third kappa shape index (κ3) is 34.9. The van der Waals surface area contributed by atoms with Gasteiger partial charge in [-0.25, -0.2) is 9.69 Å². The van der Waals surface area contributed by atoms with Crippen molar-refractivity contribution in [1.29, 1.82) is 0 Å². The Morgan fingerprint density at radius 2 is 0.624 bits per heavy atom. The van der Waals surface area contributed by atoms with Crippen molar-refractivity contribution in [2.75, 3.05) is 0 Å². The quantitative estimate of drug-likeness (QED) is 0.246.